The lowest BCUT2D eigenvalue weighted by atomic mass is 9.97. The van der Waals surface area contributed by atoms with Crippen LogP contribution >= 0.6 is 0 Å². The van der Waals surface area contributed by atoms with Gasteiger partial charge in [0.25, 0.3) is 0 Å². The Hall–Kier alpha value is -0.240. The van der Waals surface area contributed by atoms with Gasteiger partial charge in [-0.1, -0.05) is 181 Å². The van der Waals surface area contributed by atoms with Crippen molar-refractivity contribution in [1.29, 1.82) is 0 Å². The summed E-state index contributed by atoms with van der Waals surface area (Å²) in [5.74, 6) is -0.706. The van der Waals surface area contributed by atoms with Crippen molar-refractivity contribution in [3.8, 4) is 0 Å². The lowest BCUT2D eigenvalue weighted by Gasteiger charge is -2.50. The lowest BCUT2D eigenvalue weighted by Crippen LogP contribution is -2.65. The van der Waals surface area contributed by atoms with Crippen molar-refractivity contribution in [2.45, 2.75) is 244 Å². The zero-order valence-electron chi connectivity index (χ0n) is 31.8. The van der Waals surface area contributed by atoms with Crippen molar-refractivity contribution in [3.63, 3.8) is 0 Å². The summed E-state index contributed by atoms with van der Waals surface area (Å²) in [6.07, 6.45) is 34.8. The molecule has 2 aliphatic heterocycles. The molecule has 6 nitrogen and oxygen atoms in total. The highest BCUT2D eigenvalue weighted by molar-refractivity contribution is 4.95. The van der Waals surface area contributed by atoms with E-state index in [1.807, 2.05) is 13.8 Å². The molecule has 5 atom stereocenters. The van der Waals surface area contributed by atoms with Crippen LogP contribution in [-0.2, 0) is 23.7 Å². The molecule has 280 valence electrons. The monoisotopic (exact) mass is 669 g/mol. The molecule has 0 aliphatic carbocycles. The van der Waals surface area contributed by atoms with E-state index in [1.165, 1.54) is 161 Å². The fourth-order valence-electron chi connectivity index (χ4n) is 7.22. The predicted octanol–water partition coefficient (Wildman–Crippen LogP) is 11.6. The highest BCUT2D eigenvalue weighted by Gasteiger charge is 2.52. The summed E-state index contributed by atoms with van der Waals surface area (Å²) in [6.45, 7) is 10.1. The fourth-order valence-corrected chi connectivity index (χ4v) is 7.22. The van der Waals surface area contributed by atoms with E-state index in [-0.39, 0.29) is 18.3 Å². The van der Waals surface area contributed by atoms with Crippen molar-refractivity contribution in [2.75, 3.05) is 19.8 Å². The number of aliphatic hydroxyl groups excluding tert-OH is 1. The van der Waals surface area contributed by atoms with Gasteiger partial charge >= 0.3 is 0 Å². The van der Waals surface area contributed by atoms with Crippen LogP contribution in [0.1, 0.15) is 207 Å². The van der Waals surface area contributed by atoms with Gasteiger partial charge < -0.3 is 28.8 Å². The molecule has 0 aromatic carbocycles. The van der Waals surface area contributed by atoms with E-state index in [1.54, 1.807) is 0 Å². The molecule has 6 heteroatoms. The minimum absolute atomic E-state index is 0.310. The zero-order valence-corrected chi connectivity index (χ0v) is 31.8. The smallest absolute Gasteiger partial charge is 0.184 e. The molecule has 2 rings (SSSR count). The van der Waals surface area contributed by atoms with E-state index in [0.29, 0.717) is 19.8 Å². The summed E-state index contributed by atoms with van der Waals surface area (Å²) < 4.78 is 30.8. The highest BCUT2D eigenvalue weighted by Crippen LogP contribution is 2.34. The van der Waals surface area contributed by atoms with Gasteiger partial charge in [0.05, 0.1) is 6.61 Å². The second-order valence-corrected chi connectivity index (χ2v) is 15.2. The van der Waals surface area contributed by atoms with E-state index in [4.69, 9.17) is 23.7 Å². The summed E-state index contributed by atoms with van der Waals surface area (Å²) in [5, 5.41) is 10.9. The number of ether oxygens (including phenoxy) is 5. The largest absolute Gasteiger partial charge is 0.372 e. The van der Waals surface area contributed by atoms with Crippen LogP contribution in [0.2, 0.25) is 0 Å². The SMILES string of the molecule is CCCCCCCCCCCCCCCCO[C@@H]1[C@@H](OCCCCCCCCCCCCCCCC)[C@H](O)O[C@@H]2COC(C)(C)O[C@@H]12. The first-order valence-electron chi connectivity index (χ1n) is 20.9. The molecule has 0 saturated carbocycles. The summed E-state index contributed by atoms with van der Waals surface area (Å²) in [5.41, 5.74) is 0. The maximum atomic E-state index is 10.9. The molecular weight excluding hydrogens is 588 g/mol. The van der Waals surface area contributed by atoms with Crippen LogP contribution in [0.5, 0.6) is 0 Å². The molecule has 0 unspecified atom stereocenters. The topological polar surface area (TPSA) is 66.4 Å². The van der Waals surface area contributed by atoms with Crippen LogP contribution in [0.15, 0.2) is 0 Å². The molecule has 0 bridgehead atoms. The average Bonchev–Trinajstić information content (AvgIpc) is 3.05. The van der Waals surface area contributed by atoms with Crippen LogP contribution < -0.4 is 0 Å². The number of aliphatic hydroxyl groups is 1. The van der Waals surface area contributed by atoms with Crippen molar-refractivity contribution < 1.29 is 28.8 Å². The molecule has 2 aliphatic rings. The normalized spacial score (nSPS) is 24.1. The third kappa shape index (κ3) is 20.9. The first-order valence-corrected chi connectivity index (χ1v) is 20.9. The predicted molar refractivity (Wildman–Crippen MR) is 196 cm³/mol. The van der Waals surface area contributed by atoms with Gasteiger partial charge in [-0.25, -0.2) is 0 Å². The molecule has 0 spiro atoms. The number of unbranched alkanes of at least 4 members (excludes halogenated alkanes) is 26. The number of fused-ring (bicyclic) bond motifs is 1. The molecule has 2 saturated heterocycles. The second kappa shape index (κ2) is 28.5. The van der Waals surface area contributed by atoms with Crippen LogP contribution in [0.3, 0.4) is 0 Å². The standard InChI is InChI=1S/C41H80O6/c1-5-7-9-11-13-15-17-19-21-23-25-27-29-31-33-43-38-37-36(35-45-41(3,4)47-37)46-40(42)39(38)44-34-32-30-28-26-24-22-20-18-16-14-12-10-8-6-2/h36-40,42H,5-35H2,1-4H3/t36-,37-,38+,39-,40-/m1/s1. The Morgan fingerprint density at radius 2 is 0.851 bits per heavy atom. The van der Waals surface area contributed by atoms with Crippen molar-refractivity contribution in [2.24, 2.45) is 0 Å². The minimum Gasteiger partial charge on any atom is -0.372 e. The summed E-state index contributed by atoms with van der Waals surface area (Å²) in [6, 6.07) is 0. The Morgan fingerprint density at radius 1 is 0.511 bits per heavy atom. The van der Waals surface area contributed by atoms with Crippen LogP contribution in [0.25, 0.3) is 0 Å². The van der Waals surface area contributed by atoms with Crippen LogP contribution in [0.4, 0.5) is 0 Å². The third-order valence-corrected chi connectivity index (χ3v) is 10.2. The van der Waals surface area contributed by atoms with Crippen molar-refractivity contribution in [1.82, 2.24) is 0 Å². The number of rotatable bonds is 32. The molecule has 2 heterocycles. The highest BCUT2D eigenvalue weighted by atomic mass is 16.8. The Labute approximate surface area is 292 Å². The second-order valence-electron chi connectivity index (χ2n) is 15.2. The maximum Gasteiger partial charge on any atom is 0.184 e. The van der Waals surface area contributed by atoms with Crippen molar-refractivity contribution in [3.05, 3.63) is 0 Å². The lowest BCUT2D eigenvalue weighted by molar-refractivity contribution is -0.384. The fraction of sp³-hybridized carbons (Fsp3) is 1.00. The van der Waals surface area contributed by atoms with E-state index in [0.717, 1.165) is 19.3 Å². The molecule has 0 aromatic heterocycles. The van der Waals surface area contributed by atoms with Gasteiger partial charge in [-0.05, 0) is 26.7 Å². The quantitative estimate of drug-likeness (QED) is 0.0720. The Morgan fingerprint density at radius 3 is 1.23 bits per heavy atom. The molecule has 47 heavy (non-hydrogen) atoms. The molecule has 0 aromatic rings. The summed E-state index contributed by atoms with van der Waals surface area (Å²) in [7, 11) is 0. The van der Waals surface area contributed by atoms with E-state index in [9.17, 15) is 5.11 Å². The Balaban J connectivity index is 1.58. The molecule has 1 N–H and O–H groups in total. The number of hydrogen-bond acceptors (Lipinski definition) is 6. The Kier molecular flexibility index (Phi) is 26.0. The molecule has 0 amide bonds. The van der Waals surface area contributed by atoms with Crippen LogP contribution in [0, 0.1) is 0 Å². The summed E-state index contributed by atoms with van der Waals surface area (Å²) >= 11 is 0. The van der Waals surface area contributed by atoms with Gasteiger partial charge in [0.2, 0.25) is 0 Å². The average molecular weight is 669 g/mol. The van der Waals surface area contributed by atoms with Gasteiger partial charge in [-0.2, -0.15) is 0 Å². The van der Waals surface area contributed by atoms with Gasteiger partial charge in [-0.15, -0.1) is 0 Å². The minimum atomic E-state index is -1.03. The van der Waals surface area contributed by atoms with Gasteiger partial charge in [0, 0.05) is 13.2 Å². The number of hydrogen-bond donors (Lipinski definition) is 1. The van der Waals surface area contributed by atoms with Gasteiger partial charge in [-0.3, -0.25) is 0 Å². The van der Waals surface area contributed by atoms with E-state index < -0.39 is 18.2 Å². The first-order chi connectivity index (χ1) is 23.0. The van der Waals surface area contributed by atoms with Gasteiger partial charge in [0.15, 0.2) is 12.1 Å². The first kappa shape index (κ1) is 42.9. The maximum absolute atomic E-state index is 10.9. The van der Waals surface area contributed by atoms with Crippen LogP contribution in [-0.4, -0.2) is 61.4 Å². The Bertz CT molecular complexity index is 687. The zero-order chi connectivity index (χ0) is 33.8. The summed E-state index contributed by atoms with van der Waals surface area (Å²) in [4.78, 5) is 0. The van der Waals surface area contributed by atoms with Crippen molar-refractivity contribution >= 4 is 0 Å². The van der Waals surface area contributed by atoms with E-state index in [2.05, 4.69) is 13.8 Å². The van der Waals surface area contributed by atoms with E-state index >= 15 is 0 Å². The molecular formula is C41H80O6. The molecule has 0 radical (unpaired) electrons. The van der Waals surface area contributed by atoms with Gasteiger partial charge in [0.1, 0.15) is 24.4 Å². The third-order valence-electron chi connectivity index (χ3n) is 10.2. The molecule has 2 fully saturated rings.